The van der Waals surface area contributed by atoms with Crippen LogP contribution in [0.2, 0.25) is 0 Å². The van der Waals surface area contributed by atoms with Crippen LogP contribution in [0.3, 0.4) is 0 Å². The SMILES string of the molecule is CCCc1ccccc1NCCC1CCCCN1C. The third-order valence-corrected chi connectivity index (χ3v) is 4.25. The summed E-state index contributed by atoms with van der Waals surface area (Å²) in [5.74, 6) is 0. The molecule has 0 spiro atoms. The Balaban J connectivity index is 1.81. The van der Waals surface area contributed by atoms with Crippen molar-refractivity contribution >= 4 is 5.69 Å². The first kappa shape index (κ1) is 14.4. The largest absolute Gasteiger partial charge is 0.385 e. The van der Waals surface area contributed by atoms with Crippen molar-refractivity contribution in [1.82, 2.24) is 4.90 Å². The Morgan fingerprint density at radius 1 is 1.26 bits per heavy atom. The van der Waals surface area contributed by atoms with E-state index in [1.54, 1.807) is 0 Å². The Kier molecular flexibility index (Phi) is 5.71. The normalized spacial score (nSPS) is 20.4. The molecule has 0 aliphatic carbocycles. The Bertz CT molecular complexity index is 375. The van der Waals surface area contributed by atoms with Crippen molar-refractivity contribution in [2.24, 2.45) is 0 Å². The maximum absolute atomic E-state index is 3.64. The lowest BCUT2D eigenvalue weighted by molar-refractivity contribution is 0.179. The highest BCUT2D eigenvalue weighted by Crippen LogP contribution is 2.20. The van der Waals surface area contributed by atoms with Crippen molar-refractivity contribution in [3.8, 4) is 0 Å². The summed E-state index contributed by atoms with van der Waals surface area (Å²) in [4.78, 5) is 2.53. The lowest BCUT2D eigenvalue weighted by Gasteiger charge is -2.32. The lowest BCUT2D eigenvalue weighted by atomic mass is 10.00. The zero-order valence-electron chi connectivity index (χ0n) is 12.5. The minimum absolute atomic E-state index is 0.777. The van der Waals surface area contributed by atoms with Crippen molar-refractivity contribution in [2.75, 3.05) is 25.5 Å². The highest BCUT2D eigenvalue weighted by Gasteiger charge is 2.18. The molecule has 1 N–H and O–H groups in total. The molecule has 1 heterocycles. The molecule has 19 heavy (non-hydrogen) atoms. The van der Waals surface area contributed by atoms with Gasteiger partial charge in [0.2, 0.25) is 0 Å². The number of piperidine rings is 1. The molecule has 106 valence electrons. The van der Waals surface area contributed by atoms with E-state index in [1.807, 2.05) is 0 Å². The molecular weight excluding hydrogens is 232 g/mol. The van der Waals surface area contributed by atoms with E-state index in [9.17, 15) is 0 Å². The molecule has 2 nitrogen and oxygen atoms in total. The van der Waals surface area contributed by atoms with Crippen molar-refractivity contribution in [3.63, 3.8) is 0 Å². The lowest BCUT2D eigenvalue weighted by Crippen LogP contribution is -2.37. The number of anilines is 1. The van der Waals surface area contributed by atoms with Gasteiger partial charge in [-0.25, -0.2) is 0 Å². The van der Waals surface area contributed by atoms with E-state index in [2.05, 4.69) is 48.5 Å². The van der Waals surface area contributed by atoms with E-state index in [0.717, 1.165) is 12.6 Å². The maximum Gasteiger partial charge on any atom is 0.0372 e. The second-order valence-corrected chi connectivity index (χ2v) is 5.75. The molecule has 1 saturated heterocycles. The zero-order chi connectivity index (χ0) is 13.5. The van der Waals surface area contributed by atoms with Crippen molar-refractivity contribution in [3.05, 3.63) is 29.8 Å². The standard InChI is InChI=1S/C17H28N2/c1-3-8-15-9-4-5-11-17(15)18-13-12-16-10-6-7-14-19(16)2/h4-5,9,11,16,18H,3,6-8,10,12-14H2,1-2H3. The Hall–Kier alpha value is -1.02. The number of likely N-dealkylation sites (tertiary alicyclic amines) is 1. The van der Waals surface area contributed by atoms with Gasteiger partial charge in [-0.3, -0.25) is 0 Å². The third kappa shape index (κ3) is 4.24. The van der Waals surface area contributed by atoms with Crippen LogP contribution in [-0.4, -0.2) is 31.1 Å². The van der Waals surface area contributed by atoms with Crippen LogP contribution in [0.25, 0.3) is 0 Å². The molecule has 2 rings (SSSR count). The molecule has 1 aromatic rings. The van der Waals surface area contributed by atoms with Gasteiger partial charge < -0.3 is 10.2 Å². The molecule has 0 amide bonds. The maximum atomic E-state index is 3.64. The summed E-state index contributed by atoms with van der Waals surface area (Å²) in [6.07, 6.45) is 7.80. The van der Waals surface area contributed by atoms with E-state index in [4.69, 9.17) is 0 Å². The monoisotopic (exact) mass is 260 g/mol. The Morgan fingerprint density at radius 2 is 2.11 bits per heavy atom. The summed E-state index contributed by atoms with van der Waals surface area (Å²) in [6.45, 7) is 4.61. The number of nitrogens with zero attached hydrogens (tertiary/aromatic N) is 1. The van der Waals surface area contributed by atoms with E-state index in [-0.39, 0.29) is 0 Å². The second kappa shape index (κ2) is 7.54. The van der Waals surface area contributed by atoms with Gasteiger partial charge in [-0.05, 0) is 50.9 Å². The average Bonchev–Trinajstić information content (AvgIpc) is 2.43. The summed E-state index contributed by atoms with van der Waals surface area (Å²) in [6, 6.07) is 9.52. The van der Waals surface area contributed by atoms with Crippen LogP contribution >= 0.6 is 0 Å². The van der Waals surface area contributed by atoms with Crippen LogP contribution in [0.5, 0.6) is 0 Å². The summed E-state index contributed by atoms with van der Waals surface area (Å²) in [5, 5.41) is 3.64. The molecule has 0 saturated carbocycles. The van der Waals surface area contributed by atoms with Crippen LogP contribution in [0.15, 0.2) is 24.3 Å². The van der Waals surface area contributed by atoms with Crippen LogP contribution < -0.4 is 5.32 Å². The van der Waals surface area contributed by atoms with Gasteiger partial charge in [-0.1, -0.05) is 38.0 Å². The van der Waals surface area contributed by atoms with Gasteiger partial charge in [-0.2, -0.15) is 0 Å². The van der Waals surface area contributed by atoms with Crippen LogP contribution in [0.4, 0.5) is 5.69 Å². The van der Waals surface area contributed by atoms with E-state index >= 15 is 0 Å². The van der Waals surface area contributed by atoms with Crippen LogP contribution in [-0.2, 0) is 6.42 Å². The highest BCUT2D eigenvalue weighted by atomic mass is 15.1. The molecule has 0 bridgehead atoms. The first-order valence-corrected chi connectivity index (χ1v) is 7.83. The Morgan fingerprint density at radius 3 is 2.89 bits per heavy atom. The van der Waals surface area contributed by atoms with E-state index in [0.29, 0.717) is 0 Å². The molecular formula is C17H28N2. The smallest absolute Gasteiger partial charge is 0.0372 e. The van der Waals surface area contributed by atoms with Gasteiger partial charge in [0.15, 0.2) is 0 Å². The fraction of sp³-hybridized carbons (Fsp3) is 0.647. The number of para-hydroxylation sites is 1. The van der Waals surface area contributed by atoms with E-state index in [1.165, 1.54) is 56.3 Å². The molecule has 1 aliphatic rings. The first-order valence-electron chi connectivity index (χ1n) is 7.83. The second-order valence-electron chi connectivity index (χ2n) is 5.75. The summed E-state index contributed by atoms with van der Waals surface area (Å²) < 4.78 is 0. The fourth-order valence-corrected chi connectivity index (χ4v) is 3.06. The molecule has 0 radical (unpaired) electrons. The van der Waals surface area contributed by atoms with Gasteiger partial charge in [0, 0.05) is 18.3 Å². The van der Waals surface area contributed by atoms with Gasteiger partial charge in [0.05, 0.1) is 0 Å². The van der Waals surface area contributed by atoms with Gasteiger partial charge >= 0.3 is 0 Å². The van der Waals surface area contributed by atoms with Crippen LogP contribution in [0.1, 0.15) is 44.6 Å². The van der Waals surface area contributed by atoms with Crippen molar-refractivity contribution in [2.45, 2.75) is 51.5 Å². The third-order valence-electron chi connectivity index (χ3n) is 4.25. The van der Waals surface area contributed by atoms with Crippen LogP contribution in [0, 0.1) is 0 Å². The molecule has 1 unspecified atom stereocenters. The quantitative estimate of drug-likeness (QED) is 0.834. The molecule has 0 aromatic heterocycles. The molecule has 1 aromatic carbocycles. The topological polar surface area (TPSA) is 15.3 Å². The minimum Gasteiger partial charge on any atom is -0.385 e. The summed E-state index contributed by atoms with van der Waals surface area (Å²) in [5.41, 5.74) is 2.80. The average molecular weight is 260 g/mol. The minimum atomic E-state index is 0.777. The number of aryl methyl sites for hydroxylation is 1. The Labute approximate surface area is 118 Å². The zero-order valence-corrected chi connectivity index (χ0v) is 12.5. The van der Waals surface area contributed by atoms with Crippen molar-refractivity contribution < 1.29 is 0 Å². The summed E-state index contributed by atoms with van der Waals surface area (Å²) in [7, 11) is 2.27. The molecule has 2 heteroatoms. The number of rotatable bonds is 6. The molecule has 1 fully saturated rings. The first-order chi connectivity index (χ1) is 9.31. The fourth-order valence-electron chi connectivity index (χ4n) is 3.06. The van der Waals surface area contributed by atoms with Crippen molar-refractivity contribution in [1.29, 1.82) is 0 Å². The number of hydrogen-bond acceptors (Lipinski definition) is 2. The van der Waals surface area contributed by atoms with Gasteiger partial charge in [0.25, 0.3) is 0 Å². The number of nitrogens with one attached hydrogen (secondary N) is 1. The molecule has 1 atom stereocenters. The number of hydrogen-bond donors (Lipinski definition) is 1. The van der Waals surface area contributed by atoms with Gasteiger partial charge in [-0.15, -0.1) is 0 Å². The van der Waals surface area contributed by atoms with Gasteiger partial charge in [0.1, 0.15) is 0 Å². The number of benzene rings is 1. The predicted octanol–water partition coefficient (Wildman–Crippen LogP) is 3.93. The van der Waals surface area contributed by atoms with E-state index < -0.39 is 0 Å². The predicted molar refractivity (Wildman–Crippen MR) is 83.8 cm³/mol. The summed E-state index contributed by atoms with van der Waals surface area (Å²) >= 11 is 0. The highest BCUT2D eigenvalue weighted by molar-refractivity contribution is 5.51. The molecule has 1 aliphatic heterocycles.